The van der Waals surface area contributed by atoms with Gasteiger partial charge in [-0.25, -0.2) is 0 Å². The second kappa shape index (κ2) is 5.89. The van der Waals surface area contributed by atoms with Gasteiger partial charge in [-0.2, -0.15) is 5.26 Å². The van der Waals surface area contributed by atoms with E-state index in [1.165, 1.54) is 0 Å². The molecule has 0 saturated carbocycles. The molecule has 0 aliphatic carbocycles. The predicted octanol–water partition coefficient (Wildman–Crippen LogP) is 1.31. The second-order valence-electron chi connectivity index (χ2n) is 3.08. The van der Waals surface area contributed by atoms with E-state index in [2.05, 4.69) is 0 Å². The highest BCUT2D eigenvalue weighted by Gasteiger charge is 2.06. The van der Waals surface area contributed by atoms with E-state index >= 15 is 0 Å². The molecule has 2 N–H and O–H groups in total. The van der Waals surface area contributed by atoms with Crippen LogP contribution in [0.15, 0.2) is 24.3 Å². The molecular weight excluding hydrogens is 192 g/mol. The van der Waals surface area contributed by atoms with Gasteiger partial charge in [-0.15, -0.1) is 0 Å². The largest absolute Gasteiger partial charge is 0.493 e. The number of rotatable bonds is 5. The van der Waals surface area contributed by atoms with E-state index in [0.717, 1.165) is 0 Å². The Morgan fingerprint density at radius 3 is 2.67 bits per heavy atom. The topological polar surface area (TPSA) is 68.3 Å². The molecule has 1 aromatic rings. The molecule has 0 saturated heterocycles. The van der Waals surface area contributed by atoms with Gasteiger partial charge >= 0.3 is 0 Å². The van der Waals surface area contributed by atoms with Gasteiger partial charge in [0.25, 0.3) is 0 Å². The Labute approximate surface area is 89.2 Å². The number of nitriles is 1. The highest BCUT2D eigenvalue weighted by atomic mass is 16.5. The van der Waals surface area contributed by atoms with Crippen LogP contribution in [0.2, 0.25) is 0 Å². The van der Waals surface area contributed by atoms with Crippen molar-refractivity contribution >= 4 is 0 Å². The fourth-order valence-corrected chi connectivity index (χ4v) is 1.11. The number of nitrogens with two attached hydrogens (primary N) is 1. The Morgan fingerprint density at radius 1 is 1.40 bits per heavy atom. The van der Waals surface area contributed by atoms with E-state index < -0.39 is 0 Å². The molecule has 4 nitrogen and oxygen atoms in total. The Hall–Kier alpha value is -1.73. The summed E-state index contributed by atoms with van der Waals surface area (Å²) in [6, 6.07) is 9.06. The third kappa shape index (κ3) is 3.49. The van der Waals surface area contributed by atoms with Crippen molar-refractivity contribution in [2.24, 2.45) is 5.73 Å². The maximum atomic E-state index is 8.42. The van der Waals surface area contributed by atoms with E-state index in [-0.39, 0.29) is 12.5 Å². The van der Waals surface area contributed by atoms with Gasteiger partial charge in [-0.1, -0.05) is 12.1 Å². The molecule has 0 heterocycles. The minimum Gasteiger partial charge on any atom is -0.493 e. The molecule has 80 valence electrons. The number of hydrogen-bond acceptors (Lipinski definition) is 4. The Kier molecular flexibility index (Phi) is 4.45. The minimum atomic E-state index is -0.264. The summed E-state index contributed by atoms with van der Waals surface area (Å²) in [5.74, 6) is 1.31. The second-order valence-corrected chi connectivity index (χ2v) is 3.08. The molecule has 15 heavy (non-hydrogen) atoms. The molecule has 0 radical (unpaired) electrons. The van der Waals surface area contributed by atoms with Crippen LogP contribution >= 0.6 is 0 Å². The maximum absolute atomic E-state index is 8.42. The summed E-state index contributed by atoms with van der Waals surface area (Å²) in [6.45, 7) is 0.313. The molecule has 4 heteroatoms. The number of benzene rings is 1. The summed E-state index contributed by atoms with van der Waals surface area (Å²) in [4.78, 5) is 0. The lowest BCUT2D eigenvalue weighted by Crippen LogP contribution is -2.27. The first-order chi connectivity index (χ1) is 7.27. The van der Waals surface area contributed by atoms with Crippen LogP contribution in [0.3, 0.4) is 0 Å². The van der Waals surface area contributed by atoms with Crippen molar-refractivity contribution in [3.05, 3.63) is 24.3 Å². The van der Waals surface area contributed by atoms with Gasteiger partial charge in [0.1, 0.15) is 6.61 Å². The summed E-state index contributed by atoms with van der Waals surface area (Å²) < 4.78 is 10.5. The van der Waals surface area contributed by atoms with E-state index in [1.54, 1.807) is 13.2 Å². The van der Waals surface area contributed by atoms with Crippen molar-refractivity contribution in [2.45, 2.75) is 12.5 Å². The van der Waals surface area contributed by atoms with Crippen LogP contribution in [0.4, 0.5) is 0 Å². The van der Waals surface area contributed by atoms with Crippen LogP contribution < -0.4 is 15.2 Å². The Bertz CT molecular complexity index is 347. The molecule has 0 bridgehead atoms. The SMILES string of the molecule is COc1ccccc1OCC(N)CC#N. The summed E-state index contributed by atoms with van der Waals surface area (Å²) in [5, 5.41) is 8.42. The van der Waals surface area contributed by atoms with E-state index in [0.29, 0.717) is 18.1 Å². The fraction of sp³-hybridized carbons (Fsp3) is 0.364. The zero-order valence-electron chi connectivity index (χ0n) is 8.64. The molecule has 0 aliphatic rings. The van der Waals surface area contributed by atoms with Gasteiger partial charge < -0.3 is 15.2 Å². The van der Waals surface area contributed by atoms with Gasteiger partial charge in [-0.3, -0.25) is 0 Å². The fourth-order valence-electron chi connectivity index (χ4n) is 1.11. The predicted molar refractivity (Wildman–Crippen MR) is 56.7 cm³/mol. The smallest absolute Gasteiger partial charge is 0.161 e. The molecule has 0 aromatic heterocycles. The molecule has 0 aliphatic heterocycles. The van der Waals surface area contributed by atoms with E-state index in [9.17, 15) is 0 Å². The molecule has 1 rings (SSSR count). The van der Waals surface area contributed by atoms with E-state index in [1.807, 2.05) is 24.3 Å². The van der Waals surface area contributed by atoms with Gasteiger partial charge in [0.05, 0.1) is 25.6 Å². The van der Waals surface area contributed by atoms with Crippen LogP contribution in [0.5, 0.6) is 11.5 Å². The van der Waals surface area contributed by atoms with Crippen molar-refractivity contribution < 1.29 is 9.47 Å². The Morgan fingerprint density at radius 2 is 2.07 bits per heavy atom. The van der Waals surface area contributed by atoms with Crippen molar-refractivity contribution in [1.82, 2.24) is 0 Å². The molecule has 1 aromatic carbocycles. The first kappa shape index (κ1) is 11.3. The number of hydrogen-bond donors (Lipinski definition) is 1. The lowest BCUT2D eigenvalue weighted by Gasteiger charge is -2.12. The summed E-state index contributed by atoms with van der Waals surface area (Å²) in [6.07, 6.45) is 0.287. The first-order valence-electron chi connectivity index (χ1n) is 4.66. The summed E-state index contributed by atoms with van der Waals surface area (Å²) in [5.41, 5.74) is 5.64. The van der Waals surface area contributed by atoms with Gasteiger partial charge in [-0.05, 0) is 12.1 Å². The molecule has 1 atom stereocenters. The molecule has 0 fully saturated rings. The van der Waals surface area contributed by atoms with Crippen LogP contribution in [-0.2, 0) is 0 Å². The number of ether oxygens (including phenoxy) is 2. The normalized spacial score (nSPS) is 11.5. The van der Waals surface area contributed by atoms with Crippen LogP contribution in [0.1, 0.15) is 6.42 Å². The highest BCUT2D eigenvalue weighted by molar-refractivity contribution is 5.39. The third-order valence-corrected chi connectivity index (χ3v) is 1.88. The van der Waals surface area contributed by atoms with E-state index in [4.69, 9.17) is 20.5 Å². The molecule has 1 unspecified atom stereocenters. The van der Waals surface area contributed by atoms with Crippen molar-refractivity contribution in [2.75, 3.05) is 13.7 Å². The summed E-state index contributed by atoms with van der Waals surface area (Å²) in [7, 11) is 1.58. The van der Waals surface area contributed by atoms with Crippen LogP contribution in [0, 0.1) is 11.3 Å². The zero-order valence-corrected chi connectivity index (χ0v) is 8.64. The van der Waals surface area contributed by atoms with Gasteiger partial charge in [0.2, 0.25) is 0 Å². The van der Waals surface area contributed by atoms with Crippen molar-refractivity contribution in [1.29, 1.82) is 5.26 Å². The van der Waals surface area contributed by atoms with Gasteiger partial charge in [0.15, 0.2) is 11.5 Å². The average Bonchev–Trinajstić information content (AvgIpc) is 2.27. The molecular formula is C11H14N2O2. The first-order valence-corrected chi connectivity index (χ1v) is 4.66. The third-order valence-electron chi connectivity index (χ3n) is 1.88. The standard InChI is InChI=1S/C11H14N2O2/c1-14-10-4-2-3-5-11(10)15-8-9(13)6-7-12/h2-5,9H,6,8,13H2,1H3. The quantitative estimate of drug-likeness (QED) is 0.788. The van der Waals surface area contributed by atoms with Crippen molar-refractivity contribution in [3.63, 3.8) is 0 Å². The highest BCUT2D eigenvalue weighted by Crippen LogP contribution is 2.25. The maximum Gasteiger partial charge on any atom is 0.161 e. The Balaban J connectivity index is 2.54. The summed E-state index contributed by atoms with van der Waals surface area (Å²) >= 11 is 0. The number of para-hydroxylation sites is 2. The van der Waals surface area contributed by atoms with Crippen molar-refractivity contribution in [3.8, 4) is 17.6 Å². The monoisotopic (exact) mass is 206 g/mol. The molecule has 0 amide bonds. The van der Waals surface area contributed by atoms with Gasteiger partial charge in [0, 0.05) is 0 Å². The zero-order chi connectivity index (χ0) is 11.1. The number of methoxy groups -OCH3 is 1. The van der Waals surface area contributed by atoms with Crippen LogP contribution in [-0.4, -0.2) is 19.8 Å². The lowest BCUT2D eigenvalue weighted by molar-refractivity contribution is 0.273. The lowest BCUT2D eigenvalue weighted by atomic mass is 10.2. The minimum absolute atomic E-state index is 0.264. The van der Waals surface area contributed by atoms with Crippen LogP contribution in [0.25, 0.3) is 0 Å². The average molecular weight is 206 g/mol. The number of nitrogens with zero attached hydrogens (tertiary/aromatic N) is 1. The molecule has 0 spiro atoms.